The van der Waals surface area contributed by atoms with Gasteiger partial charge in [-0.3, -0.25) is 0 Å². The molecule has 2 aromatic heterocycles. The monoisotopic (exact) mass is 736 g/mol. The minimum absolute atomic E-state index is 0.135. The highest BCUT2D eigenvalue weighted by atomic mass is 32.1. The van der Waals surface area contributed by atoms with Crippen molar-refractivity contribution in [1.82, 2.24) is 15.0 Å². The maximum atomic E-state index is 9.64. The largest absolute Gasteiger partial charge is 0.208 e. The summed E-state index contributed by atoms with van der Waals surface area (Å²) in [5.41, 5.74) is -1.96. The van der Waals surface area contributed by atoms with Crippen LogP contribution in [0.15, 0.2) is 188 Å². The number of hydrogen-bond donors (Lipinski definition) is 0. The lowest BCUT2D eigenvalue weighted by molar-refractivity contribution is 1.07. The van der Waals surface area contributed by atoms with Gasteiger partial charge in [0, 0.05) is 36.9 Å². The van der Waals surface area contributed by atoms with E-state index < -0.39 is 164 Å². The molecule has 11 aromatic rings. The second-order valence-corrected chi connectivity index (χ2v) is 13.6. The highest BCUT2D eigenvalue weighted by Crippen LogP contribution is 2.39. The predicted molar refractivity (Wildman–Crippen MR) is 232 cm³/mol. The fraction of sp³-hybridized carbons (Fsp3) is 0. The van der Waals surface area contributed by atoms with Crippen molar-refractivity contribution in [2.24, 2.45) is 0 Å². The molecule has 55 heavy (non-hydrogen) atoms. The minimum Gasteiger partial charge on any atom is -0.208 e. The van der Waals surface area contributed by atoms with Crippen LogP contribution in [-0.4, -0.2) is 15.0 Å². The molecule has 0 aliphatic carbocycles. The molecule has 0 aliphatic heterocycles. The number of hydrogen-bond acceptors (Lipinski definition) is 4. The van der Waals surface area contributed by atoms with Gasteiger partial charge in [0.2, 0.25) is 0 Å². The molecule has 0 radical (unpaired) electrons. The molecule has 0 unspecified atom stereocenters. The maximum absolute atomic E-state index is 9.64. The van der Waals surface area contributed by atoms with Crippen LogP contribution in [-0.2, 0) is 0 Å². The summed E-state index contributed by atoms with van der Waals surface area (Å²) in [6.07, 6.45) is 0. The maximum Gasteiger partial charge on any atom is 0.164 e. The second kappa shape index (κ2) is 12.8. The van der Waals surface area contributed by atoms with Gasteiger partial charge >= 0.3 is 0 Å². The van der Waals surface area contributed by atoms with E-state index in [0.717, 1.165) is 20.2 Å². The third-order valence-corrected chi connectivity index (χ3v) is 10.3. The first kappa shape index (κ1) is 17.9. The molecule has 0 amide bonds. The van der Waals surface area contributed by atoms with Gasteiger partial charge in [-0.15, -0.1) is 11.3 Å². The fourth-order valence-corrected chi connectivity index (χ4v) is 7.77. The van der Waals surface area contributed by atoms with E-state index in [-0.39, 0.29) is 28.4 Å². The average molecular weight is 737 g/mol. The zero-order valence-electron chi connectivity index (χ0n) is 47.2. The quantitative estimate of drug-likeness (QED) is 0.165. The first-order valence-corrected chi connectivity index (χ1v) is 17.8. The normalized spacial score (nSPS) is 16.5. The number of benzene rings is 9. The van der Waals surface area contributed by atoms with Crippen LogP contribution >= 0.6 is 11.3 Å². The van der Waals surface area contributed by atoms with Gasteiger partial charge in [0.15, 0.2) is 17.5 Å². The SMILES string of the molecule is [2H]c1c([2H])c(-c2nc(-c3ccccc3)nc(-c3ccc4c(c3)sc3ccccc34)n2)c([2H])c(-c2c([2H])c([2H])c(-c3c([2H])c([2H])c4c5c([2H])c([2H])c([2H])c([2H])c5c5c([2H])c([2H])c([2H])c([2H])c5c4c3[2H])c([2H])c2[2H])c1[2H]. The Morgan fingerprint density at radius 2 is 0.855 bits per heavy atom. The molecule has 2 heterocycles. The summed E-state index contributed by atoms with van der Waals surface area (Å²) in [4.78, 5) is 14.2. The van der Waals surface area contributed by atoms with Crippen LogP contribution in [0.5, 0.6) is 0 Å². The molecule has 4 heteroatoms. The average Bonchev–Trinajstić information content (AvgIpc) is 3.78. The van der Waals surface area contributed by atoms with Crippen LogP contribution < -0.4 is 0 Å². The number of nitrogens with zero attached hydrogens (tertiary/aromatic N) is 3. The molecule has 256 valence electrons. The molecule has 0 bridgehead atoms. The Labute approximate surface area is 348 Å². The molecule has 11 rings (SSSR count). The number of rotatable bonds is 5. The Morgan fingerprint density at radius 1 is 0.327 bits per heavy atom. The van der Waals surface area contributed by atoms with Crippen LogP contribution in [0.4, 0.5) is 0 Å². The lowest BCUT2D eigenvalue weighted by atomic mass is 9.92. The van der Waals surface area contributed by atoms with E-state index in [1.54, 1.807) is 41.7 Å². The van der Waals surface area contributed by atoms with E-state index in [4.69, 9.17) is 25.0 Å². The summed E-state index contributed by atoms with van der Waals surface area (Å²) < 4.78 is 174. The number of fused-ring (bicyclic) bond motifs is 9. The zero-order chi connectivity index (χ0) is 52.8. The summed E-state index contributed by atoms with van der Waals surface area (Å²) in [5, 5.41) is -0.527. The zero-order valence-corrected chi connectivity index (χ0v) is 29.0. The summed E-state index contributed by atoms with van der Waals surface area (Å²) >= 11 is 1.57. The molecule has 0 saturated carbocycles. The van der Waals surface area contributed by atoms with Crippen molar-refractivity contribution in [3.63, 3.8) is 0 Å². The molecule has 9 aromatic carbocycles. The van der Waals surface area contributed by atoms with Crippen molar-refractivity contribution in [2.45, 2.75) is 0 Å². The summed E-state index contributed by atoms with van der Waals surface area (Å²) in [6, 6.07) is 7.35. The Morgan fingerprint density at radius 3 is 1.56 bits per heavy atom. The summed E-state index contributed by atoms with van der Waals surface area (Å²) in [5.74, 6) is 0.0129. The molecular weight excluding hydrogens is 687 g/mol. The molecule has 0 spiro atoms. The number of aromatic nitrogens is 3. The molecular formula is C51H31N3S. The highest BCUT2D eigenvalue weighted by Gasteiger charge is 2.15. The van der Waals surface area contributed by atoms with E-state index in [1.807, 2.05) is 42.5 Å². The van der Waals surface area contributed by atoms with Gasteiger partial charge < -0.3 is 0 Å². The smallest absolute Gasteiger partial charge is 0.164 e. The van der Waals surface area contributed by atoms with Crippen molar-refractivity contribution in [2.75, 3.05) is 0 Å². The molecule has 0 atom stereocenters. The van der Waals surface area contributed by atoms with Gasteiger partial charge in [0.1, 0.15) is 0 Å². The Bertz CT molecular complexity index is 4300. The van der Waals surface area contributed by atoms with E-state index in [1.165, 1.54) is 0 Å². The predicted octanol–water partition coefficient (Wildman–Crippen LogP) is 14.0. The van der Waals surface area contributed by atoms with Crippen LogP contribution in [0.1, 0.15) is 26.0 Å². The Kier molecular flexibility index (Phi) is 4.17. The van der Waals surface area contributed by atoms with Gasteiger partial charge in [0.05, 0.1) is 26.0 Å². The third-order valence-electron chi connectivity index (χ3n) is 9.22. The van der Waals surface area contributed by atoms with Crippen LogP contribution in [0.3, 0.4) is 0 Å². The Hall–Kier alpha value is -7.01. The molecule has 0 fully saturated rings. The van der Waals surface area contributed by atoms with Crippen molar-refractivity contribution in [3.8, 4) is 56.4 Å². The van der Waals surface area contributed by atoms with Crippen molar-refractivity contribution < 1.29 is 26.0 Å². The van der Waals surface area contributed by atoms with E-state index >= 15 is 0 Å². The standard InChI is InChI=1S/C51H31N3S/c1-2-11-34(12-3-1)49-52-50(54-51(53-49)38-26-28-45-44-19-8-9-20-47(44)55-48(45)31-38)37-14-10-13-35(29-37)32-21-23-33(24-22-32)36-25-27-43-41-17-5-4-15-39(41)40-16-6-7-18-42(40)46(43)30-36/h1-31H/i4D,5D,6D,7D,10D,13D,14D,15D,16D,17D,18D,21D,22D,23D,24D,25D,27D,29D,30D. The van der Waals surface area contributed by atoms with E-state index in [9.17, 15) is 11.0 Å². The third kappa shape index (κ3) is 5.46. The topological polar surface area (TPSA) is 38.7 Å². The first-order valence-electron chi connectivity index (χ1n) is 26.5. The molecule has 3 nitrogen and oxygen atoms in total. The Balaban J connectivity index is 1.17. The van der Waals surface area contributed by atoms with Gasteiger partial charge in [-0.05, 0) is 78.8 Å². The highest BCUT2D eigenvalue weighted by molar-refractivity contribution is 7.25. The van der Waals surface area contributed by atoms with Gasteiger partial charge in [-0.25, -0.2) is 15.0 Å². The lowest BCUT2D eigenvalue weighted by Crippen LogP contribution is -2.00. The van der Waals surface area contributed by atoms with Crippen LogP contribution in [0, 0.1) is 0 Å². The second-order valence-electron chi connectivity index (χ2n) is 12.5. The molecule has 0 aliphatic rings. The number of thiophene rings is 1. The summed E-state index contributed by atoms with van der Waals surface area (Å²) in [7, 11) is 0. The van der Waals surface area contributed by atoms with E-state index in [0.29, 0.717) is 11.1 Å². The summed E-state index contributed by atoms with van der Waals surface area (Å²) in [6.45, 7) is 0. The fourth-order valence-electron chi connectivity index (χ4n) is 6.62. The molecule has 0 saturated heterocycles. The first-order chi connectivity index (χ1) is 35.2. The van der Waals surface area contributed by atoms with Crippen LogP contribution in [0.25, 0.3) is 109 Å². The molecule has 0 N–H and O–H groups in total. The van der Waals surface area contributed by atoms with Crippen molar-refractivity contribution in [3.05, 3.63) is 188 Å². The van der Waals surface area contributed by atoms with Gasteiger partial charge in [-0.1, -0.05) is 163 Å². The van der Waals surface area contributed by atoms with Gasteiger partial charge in [-0.2, -0.15) is 0 Å². The van der Waals surface area contributed by atoms with Crippen LogP contribution in [0.2, 0.25) is 0 Å². The van der Waals surface area contributed by atoms with E-state index in [2.05, 4.69) is 4.98 Å². The van der Waals surface area contributed by atoms with Gasteiger partial charge in [0.25, 0.3) is 0 Å². The lowest BCUT2D eigenvalue weighted by Gasteiger charge is -2.12. The van der Waals surface area contributed by atoms with Crippen molar-refractivity contribution >= 4 is 63.8 Å². The minimum atomic E-state index is -0.928. The van der Waals surface area contributed by atoms with Crippen molar-refractivity contribution in [1.29, 1.82) is 0 Å².